The van der Waals surface area contributed by atoms with Gasteiger partial charge in [-0.15, -0.1) is 0 Å². The van der Waals surface area contributed by atoms with Crippen molar-refractivity contribution < 1.29 is 13.2 Å². The number of benzene rings is 3. The van der Waals surface area contributed by atoms with Crippen LogP contribution in [0.25, 0.3) is 6.08 Å². The predicted molar refractivity (Wildman–Crippen MR) is 127 cm³/mol. The van der Waals surface area contributed by atoms with Gasteiger partial charge in [0.15, 0.2) is 0 Å². The molecule has 0 fully saturated rings. The highest BCUT2D eigenvalue weighted by molar-refractivity contribution is 7.92. The van der Waals surface area contributed by atoms with Crippen molar-refractivity contribution in [1.82, 2.24) is 5.01 Å². The second kappa shape index (κ2) is 9.20. The minimum atomic E-state index is -3.75. The van der Waals surface area contributed by atoms with Gasteiger partial charge >= 0.3 is 0 Å². The van der Waals surface area contributed by atoms with E-state index in [1.807, 2.05) is 54.6 Å². The molecule has 0 aromatic heterocycles. The number of carbonyl (C=O) groups is 1. The molecule has 162 valence electrons. The molecule has 0 saturated heterocycles. The minimum absolute atomic E-state index is 0.176. The lowest BCUT2D eigenvalue weighted by Crippen LogP contribution is -2.29. The van der Waals surface area contributed by atoms with E-state index in [-0.39, 0.29) is 16.8 Å². The van der Waals surface area contributed by atoms with Crippen LogP contribution in [0.1, 0.15) is 24.5 Å². The van der Waals surface area contributed by atoms with E-state index >= 15 is 0 Å². The number of anilines is 1. The molecule has 1 heterocycles. The van der Waals surface area contributed by atoms with Gasteiger partial charge < -0.3 is 0 Å². The van der Waals surface area contributed by atoms with Crippen molar-refractivity contribution in [1.29, 1.82) is 0 Å². The third kappa shape index (κ3) is 4.78. The highest BCUT2D eigenvalue weighted by Crippen LogP contribution is 2.27. The molecule has 0 radical (unpaired) electrons. The standard InChI is InChI=1S/C25H23N3O3S/c1-19(29)28-21(17-16-20-10-4-2-5-11-20)18-25(26-28)23-14-8-9-15-24(23)27-32(30,31)22-12-6-3-7-13-22/h2-17,21,27H,18H2,1H3/b17-16+. The highest BCUT2D eigenvalue weighted by Gasteiger charge is 2.29. The summed E-state index contributed by atoms with van der Waals surface area (Å²) >= 11 is 0. The Balaban J connectivity index is 1.62. The van der Waals surface area contributed by atoms with Gasteiger partial charge in [0.25, 0.3) is 10.0 Å². The van der Waals surface area contributed by atoms with E-state index in [0.29, 0.717) is 23.4 Å². The van der Waals surface area contributed by atoms with Gasteiger partial charge in [-0.3, -0.25) is 9.52 Å². The van der Waals surface area contributed by atoms with E-state index < -0.39 is 10.0 Å². The number of amides is 1. The van der Waals surface area contributed by atoms with Crippen LogP contribution in [0.4, 0.5) is 5.69 Å². The number of hydrogen-bond acceptors (Lipinski definition) is 4. The summed E-state index contributed by atoms with van der Waals surface area (Å²) in [6, 6.07) is 24.9. The third-order valence-corrected chi connectivity index (χ3v) is 6.50. The molecular weight excluding hydrogens is 422 g/mol. The molecule has 7 heteroatoms. The first-order valence-electron chi connectivity index (χ1n) is 10.2. The van der Waals surface area contributed by atoms with Gasteiger partial charge in [-0.05, 0) is 23.8 Å². The van der Waals surface area contributed by atoms with E-state index in [4.69, 9.17) is 0 Å². The number of rotatable bonds is 6. The van der Waals surface area contributed by atoms with Crippen LogP contribution in [0.15, 0.2) is 101 Å². The van der Waals surface area contributed by atoms with Crippen molar-refractivity contribution in [2.45, 2.75) is 24.3 Å². The fourth-order valence-corrected chi connectivity index (χ4v) is 4.66. The molecule has 4 rings (SSSR count). The number of hydrazone groups is 1. The Labute approximate surface area is 188 Å². The lowest BCUT2D eigenvalue weighted by molar-refractivity contribution is -0.129. The van der Waals surface area contributed by atoms with Gasteiger partial charge in [0.05, 0.1) is 22.3 Å². The van der Waals surface area contributed by atoms with Crippen molar-refractivity contribution in [3.05, 3.63) is 102 Å². The number of carbonyl (C=O) groups excluding carboxylic acids is 1. The molecule has 0 saturated carbocycles. The smallest absolute Gasteiger partial charge is 0.261 e. The van der Waals surface area contributed by atoms with Gasteiger partial charge in [-0.1, -0.05) is 78.9 Å². The lowest BCUT2D eigenvalue weighted by atomic mass is 10.0. The summed E-state index contributed by atoms with van der Waals surface area (Å²) in [6.45, 7) is 1.47. The molecule has 3 aromatic rings. The second-order valence-electron chi connectivity index (χ2n) is 7.42. The van der Waals surface area contributed by atoms with Gasteiger partial charge in [-0.2, -0.15) is 5.10 Å². The normalized spacial score (nSPS) is 16.2. The van der Waals surface area contributed by atoms with Gasteiger partial charge in [0.2, 0.25) is 5.91 Å². The summed E-state index contributed by atoms with van der Waals surface area (Å²) in [7, 11) is -3.75. The van der Waals surface area contributed by atoms with Crippen LogP contribution in [-0.4, -0.2) is 31.1 Å². The Hall–Kier alpha value is -3.71. The Morgan fingerprint density at radius 3 is 2.28 bits per heavy atom. The molecule has 1 aliphatic rings. The summed E-state index contributed by atoms with van der Waals surface area (Å²) in [5, 5.41) is 5.97. The van der Waals surface area contributed by atoms with Crippen LogP contribution in [0.2, 0.25) is 0 Å². The number of para-hydroxylation sites is 1. The largest absolute Gasteiger partial charge is 0.279 e. The van der Waals surface area contributed by atoms with Crippen LogP contribution < -0.4 is 4.72 Å². The molecule has 6 nitrogen and oxygen atoms in total. The number of nitrogens with one attached hydrogen (secondary N) is 1. The molecule has 1 atom stereocenters. The quantitative estimate of drug-likeness (QED) is 0.606. The first-order chi connectivity index (χ1) is 15.4. The zero-order valence-corrected chi connectivity index (χ0v) is 18.4. The van der Waals surface area contributed by atoms with E-state index in [0.717, 1.165) is 5.56 Å². The molecule has 32 heavy (non-hydrogen) atoms. The van der Waals surface area contributed by atoms with E-state index in [9.17, 15) is 13.2 Å². The molecule has 1 amide bonds. The van der Waals surface area contributed by atoms with Crippen molar-refractivity contribution in [3.63, 3.8) is 0 Å². The van der Waals surface area contributed by atoms with Crippen LogP contribution in [0.3, 0.4) is 0 Å². The summed E-state index contributed by atoms with van der Waals surface area (Å²) in [6.07, 6.45) is 4.39. The van der Waals surface area contributed by atoms with Crippen LogP contribution >= 0.6 is 0 Å². The summed E-state index contributed by atoms with van der Waals surface area (Å²) in [5.74, 6) is -0.176. The number of sulfonamides is 1. The van der Waals surface area contributed by atoms with E-state index in [2.05, 4.69) is 9.82 Å². The molecule has 0 spiro atoms. The van der Waals surface area contributed by atoms with Crippen molar-refractivity contribution in [2.24, 2.45) is 5.10 Å². The zero-order valence-electron chi connectivity index (χ0n) is 17.5. The van der Waals surface area contributed by atoms with Crippen molar-refractivity contribution in [3.8, 4) is 0 Å². The zero-order chi connectivity index (χ0) is 22.6. The number of nitrogens with zero attached hydrogens (tertiary/aromatic N) is 2. The summed E-state index contributed by atoms with van der Waals surface area (Å²) in [4.78, 5) is 12.4. The summed E-state index contributed by atoms with van der Waals surface area (Å²) < 4.78 is 28.3. The topological polar surface area (TPSA) is 78.8 Å². The van der Waals surface area contributed by atoms with Crippen LogP contribution in [0, 0.1) is 0 Å². The monoisotopic (exact) mass is 445 g/mol. The first kappa shape index (κ1) is 21.5. The maximum atomic E-state index is 12.8. The molecule has 1 aliphatic heterocycles. The lowest BCUT2D eigenvalue weighted by Gasteiger charge is -2.16. The highest BCUT2D eigenvalue weighted by atomic mass is 32.2. The molecular formula is C25H23N3O3S. The maximum absolute atomic E-state index is 12.8. The Bertz CT molecular complexity index is 1270. The fraction of sp³-hybridized carbons (Fsp3) is 0.120. The van der Waals surface area contributed by atoms with Crippen LogP contribution in [0.5, 0.6) is 0 Å². The average Bonchev–Trinajstić information content (AvgIpc) is 3.24. The first-order valence-corrected chi connectivity index (χ1v) is 11.7. The van der Waals surface area contributed by atoms with Gasteiger partial charge in [0.1, 0.15) is 0 Å². The third-order valence-electron chi connectivity index (χ3n) is 5.11. The summed E-state index contributed by atoms with van der Waals surface area (Å²) in [5.41, 5.74) is 2.75. The van der Waals surface area contributed by atoms with E-state index in [1.165, 1.54) is 11.9 Å². The average molecular weight is 446 g/mol. The molecule has 0 aliphatic carbocycles. The van der Waals surface area contributed by atoms with E-state index in [1.54, 1.807) is 42.5 Å². The Morgan fingerprint density at radius 1 is 0.969 bits per heavy atom. The van der Waals surface area contributed by atoms with Crippen molar-refractivity contribution >= 4 is 33.4 Å². The molecule has 1 unspecified atom stereocenters. The van der Waals surface area contributed by atoms with Crippen molar-refractivity contribution in [2.75, 3.05) is 4.72 Å². The Kier molecular flexibility index (Phi) is 6.18. The predicted octanol–water partition coefficient (Wildman–Crippen LogP) is 4.53. The maximum Gasteiger partial charge on any atom is 0.261 e. The molecule has 0 bridgehead atoms. The van der Waals surface area contributed by atoms with Gasteiger partial charge in [0, 0.05) is 18.9 Å². The second-order valence-corrected chi connectivity index (χ2v) is 9.10. The minimum Gasteiger partial charge on any atom is -0.279 e. The number of hydrogen-bond donors (Lipinski definition) is 1. The fourth-order valence-electron chi connectivity index (χ4n) is 3.56. The Morgan fingerprint density at radius 2 is 1.59 bits per heavy atom. The SMILES string of the molecule is CC(=O)N1N=C(c2ccccc2NS(=O)(=O)c2ccccc2)CC1/C=C/c1ccccc1. The molecule has 1 N–H and O–H groups in total. The van der Waals surface area contributed by atoms with Gasteiger partial charge in [-0.25, -0.2) is 13.4 Å². The van der Waals surface area contributed by atoms with Crippen LogP contribution in [-0.2, 0) is 14.8 Å². The molecule has 3 aromatic carbocycles.